The van der Waals surface area contributed by atoms with Gasteiger partial charge in [0.2, 0.25) is 0 Å². The normalized spacial score (nSPS) is 11.4. The van der Waals surface area contributed by atoms with Crippen molar-refractivity contribution in [1.29, 1.82) is 0 Å². The lowest BCUT2D eigenvalue weighted by molar-refractivity contribution is -0.137. The molecule has 0 aromatic carbocycles. The quantitative estimate of drug-likeness (QED) is 0.825. The van der Waals surface area contributed by atoms with E-state index in [1.807, 2.05) is 0 Å². The summed E-state index contributed by atoms with van der Waals surface area (Å²) in [5.74, 6) is 0.839. The number of terminal acetylenes is 1. The van der Waals surface area contributed by atoms with Gasteiger partial charge in [0.25, 0.3) is 10.0 Å². The summed E-state index contributed by atoms with van der Waals surface area (Å²) >= 11 is 6.48. The molecule has 0 aliphatic carbocycles. The van der Waals surface area contributed by atoms with Crippen LogP contribution in [0.3, 0.4) is 0 Å². The van der Waals surface area contributed by atoms with Crippen LogP contribution in [0.4, 0.5) is 0 Å². The predicted molar refractivity (Wildman–Crippen MR) is 64.6 cm³/mol. The first-order valence-electron chi connectivity index (χ1n) is 4.28. The van der Waals surface area contributed by atoms with E-state index in [0.29, 0.717) is 8.64 Å². The standard InChI is InChI=1S/C9H8ClNO4S2/c1-2-5-11(6-8(12)13)17(14,15)9-4-3-7(10)16-9/h1,3-4H,5-6H2,(H,12,13). The molecular formula is C9H8ClNO4S2. The van der Waals surface area contributed by atoms with Crippen molar-refractivity contribution in [3.8, 4) is 12.3 Å². The van der Waals surface area contributed by atoms with Crippen molar-refractivity contribution in [3.05, 3.63) is 16.5 Å². The minimum absolute atomic E-state index is 0.0287. The molecule has 0 atom stereocenters. The van der Waals surface area contributed by atoms with Crippen LogP contribution in [0.1, 0.15) is 0 Å². The number of nitrogens with zero attached hydrogens (tertiary/aromatic N) is 1. The van der Waals surface area contributed by atoms with Crippen LogP contribution in [-0.2, 0) is 14.8 Å². The number of hydrogen-bond acceptors (Lipinski definition) is 4. The minimum Gasteiger partial charge on any atom is -0.480 e. The van der Waals surface area contributed by atoms with Gasteiger partial charge in [0.1, 0.15) is 10.8 Å². The van der Waals surface area contributed by atoms with Crippen molar-refractivity contribution in [2.45, 2.75) is 4.21 Å². The van der Waals surface area contributed by atoms with E-state index in [0.717, 1.165) is 11.3 Å². The molecule has 8 heteroatoms. The highest BCUT2D eigenvalue weighted by molar-refractivity contribution is 7.91. The first-order valence-corrected chi connectivity index (χ1v) is 6.92. The lowest BCUT2D eigenvalue weighted by Gasteiger charge is -2.16. The summed E-state index contributed by atoms with van der Waals surface area (Å²) in [6.07, 6.45) is 5.01. The van der Waals surface area contributed by atoms with Gasteiger partial charge in [0.05, 0.1) is 10.9 Å². The molecule has 0 aliphatic heterocycles. The molecule has 92 valence electrons. The molecule has 1 heterocycles. The molecular weight excluding hydrogens is 286 g/mol. The van der Waals surface area contributed by atoms with Gasteiger partial charge < -0.3 is 5.11 Å². The SMILES string of the molecule is C#CCN(CC(=O)O)S(=O)(=O)c1ccc(Cl)s1. The second kappa shape index (κ2) is 5.51. The van der Waals surface area contributed by atoms with Gasteiger partial charge in [-0.3, -0.25) is 4.79 Å². The van der Waals surface area contributed by atoms with Crippen LogP contribution in [-0.4, -0.2) is 36.9 Å². The monoisotopic (exact) mass is 293 g/mol. The van der Waals surface area contributed by atoms with Crippen LogP contribution >= 0.6 is 22.9 Å². The van der Waals surface area contributed by atoms with E-state index in [-0.39, 0.29) is 10.8 Å². The Morgan fingerprint density at radius 2 is 2.24 bits per heavy atom. The van der Waals surface area contributed by atoms with E-state index >= 15 is 0 Å². The number of aliphatic carboxylic acids is 1. The molecule has 0 spiro atoms. The molecule has 0 saturated carbocycles. The fourth-order valence-corrected chi connectivity index (χ4v) is 3.98. The van der Waals surface area contributed by atoms with Crippen molar-refractivity contribution in [3.63, 3.8) is 0 Å². The number of rotatable bonds is 5. The average Bonchev–Trinajstić information content (AvgIpc) is 2.64. The fourth-order valence-electron chi connectivity index (χ4n) is 1.04. The second-order valence-corrected chi connectivity index (χ2v) is 6.81. The first kappa shape index (κ1) is 14.0. The van der Waals surface area contributed by atoms with Crippen LogP contribution < -0.4 is 0 Å². The lowest BCUT2D eigenvalue weighted by Crippen LogP contribution is -2.35. The van der Waals surface area contributed by atoms with Crippen LogP contribution in [0.15, 0.2) is 16.3 Å². The second-order valence-electron chi connectivity index (χ2n) is 2.93. The van der Waals surface area contributed by atoms with Crippen molar-refractivity contribution in [1.82, 2.24) is 4.31 Å². The molecule has 0 bridgehead atoms. The highest BCUT2D eigenvalue weighted by Crippen LogP contribution is 2.27. The molecule has 5 nitrogen and oxygen atoms in total. The molecule has 0 unspecified atom stereocenters. The highest BCUT2D eigenvalue weighted by Gasteiger charge is 2.27. The average molecular weight is 294 g/mol. The van der Waals surface area contributed by atoms with E-state index in [4.69, 9.17) is 23.1 Å². The van der Waals surface area contributed by atoms with Gasteiger partial charge in [0.15, 0.2) is 0 Å². The lowest BCUT2D eigenvalue weighted by atomic mass is 10.6. The summed E-state index contributed by atoms with van der Waals surface area (Å²) in [4.78, 5) is 10.6. The van der Waals surface area contributed by atoms with Crippen LogP contribution in [0, 0.1) is 12.3 Å². The zero-order valence-electron chi connectivity index (χ0n) is 8.46. The Balaban J connectivity index is 3.09. The first-order chi connectivity index (χ1) is 7.87. The number of halogens is 1. The van der Waals surface area contributed by atoms with Gasteiger partial charge in [-0.2, -0.15) is 4.31 Å². The molecule has 0 fully saturated rings. The van der Waals surface area contributed by atoms with Gasteiger partial charge in [-0.1, -0.05) is 17.5 Å². The molecule has 1 rings (SSSR count). The summed E-state index contributed by atoms with van der Waals surface area (Å²) < 4.78 is 25.0. The largest absolute Gasteiger partial charge is 0.480 e. The zero-order chi connectivity index (χ0) is 13.1. The molecule has 0 aliphatic rings. The number of hydrogen-bond donors (Lipinski definition) is 1. The predicted octanol–water partition coefficient (Wildman–Crippen LogP) is 1.11. The minimum atomic E-state index is -3.89. The van der Waals surface area contributed by atoms with E-state index in [1.54, 1.807) is 0 Å². The highest BCUT2D eigenvalue weighted by atomic mass is 35.5. The number of carboxylic acids is 1. The van der Waals surface area contributed by atoms with E-state index in [2.05, 4.69) is 5.92 Å². The molecule has 0 saturated heterocycles. The van der Waals surface area contributed by atoms with Crippen LogP contribution in [0.5, 0.6) is 0 Å². The van der Waals surface area contributed by atoms with Gasteiger partial charge in [-0.25, -0.2) is 8.42 Å². The third-order valence-electron chi connectivity index (χ3n) is 1.72. The summed E-state index contributed by atoms with van der Waals surface area (Å²) in [5.41, 5.74) is 0. The Labute approximate surface area is 108 Å². The third-order valence-corrected chi connectivity index (χ3v) is 5.21. The Kier molecular flexibility index (Phi) is 4.54. The fraction of sp³-hybridized carbons (Fsp3) is 0.222. The molecule has 1 aromatic rings. The van der Waals surface area contributed by atoms with Crippen molar-refractivity contribution < 1.29 is 18.3 Å². The van der Waals surface area contributed by atoms with Gasteiger partial charge in [0, 0.05) is 0 Å². The Morgan fingerprint density at radius 1 is 1.59 bits per heavy atom. The Bertz CT molecular complexity index is 558. The zero-order valence-corrected chi connectivity index (χ0v) is 10.8. The Hall–Kier alpha value is -1.07. The van der Waals surface area contributed by atoms with E-state index in [9.17, 15) is 13.2 Å². The van der Waals surface area contributed by atoms with Gasteiger partial charge in [-0.15, -0.1) is 17.8 Å². The number of thiophene rings is 1. The topological polar surface area (TPSA) is 74.7 Å². The van der Waals surface area contributed by atoms with E-state index < -0.39 is 22.5 Å². The van der Waals surface area contributed by atoms with Crippen molar-refractivity contribution in [2.24, 2.45) is 0 Å². The van der Waals surface area contributed by atoms with Crippen molar-refractivity contribution in [2.75, 3.05) is 13.1 Å². The maximum atomic E-state index is 12.0. The molecule has 0 amide bonds. The smallest absolute Gasteiger partial charge is 0.318 e. The maximum Gasteiger partial charge on any atom is 0.318 e. The molecule has 0 radical (unpaired) electrons. The van der Waals surface area contributed by atoms with Crippen LogP contribution in [0.25, 0.3) is 0 Å². The third kappa shape index (κ3) is 3.44. The molecule has 17 heavy (non-hydrogen) atoms. The maximum absolute atomic E-state index is 12.0. The summed E-state index contributed by atoms with van der Waals surface area (Å²) in [5, 5.41) is 8.63. The number of carboxylic acid groups (broad SMARTS) is 1. The van der Waals surface area contributed by atoms with Crippen LogP contribution in [0.2, 0.25) is 4.34 Å². The van der Waals surface area contributed by atoms with E-state index in [1.165, 1.54) is 12.1 Å². The number of carbonyl (C=O) groups is 1. The molecule has 1 N–H and O–H groups in total. The number of sulfonamides is 1. The summed E-state index contributed by atoms with van der Waals surface area (Å²) in [7, 11) is -3.89. The molecule has 1 aromatic heterocycles. The summed E-state index contributed by atoms with van der Waals surface area (Å²) in [6.45, 7) is -0.980. The summed E-state index contributed by atoms with van der Waals surface area (Å²) in [6, 6.07) is 2.74. The Morgan fingerprint density at radius 3 is 2.65 bits per heavy atom. The van der Waals surface area contributed by atoms with Crippen molar-refractivity contribution >= 4 is 38.9 Å². The van der Waals surface area contributed by atoms with Gasteiger partial charge in [-0.05, 0) is 12.1 Å². The van der Waals surface area contributed by atoms with Gasteiger partial charge >= 0.3 is 5.97 Å².